The Hall–Kier alpha value is -2.50. The summed E-state index contributed by atoms with van der Waals surface area (Å²) in [5.74, 6) is -1.35. The monoisotopic (exact) mass is 343 g/mol. The highest BCUT2D eigenvalue weighted by atomic mass is 19.1. The molecule has 1 aromatic carbocycles. The molecule has 4 nitrogen and oxygen atoms in total. The van der Waals surface area contributed by atoms with E-state index in [1.165, 1.54) is 12.1 Å². The Labute approximate surface area is 145 Å². The summed E-state index contributed by atoms with van der Waals surface area (Å²) in [4.78, 5) is 20.8. The first-order valence-corrected chi connectivity index (χ1v) is 8.52. The lowest BCUT2D eigenvalue weighted by atomic mass is 10.1. The van der Waals surface area contributed by atoms with E-state index in [9.17, 15) is 13.6 Å². The van der Waals surface area contributed by atoms with Gasteiger partial charge in [-0.05, 0) is 36.1 Å². The maximum absolute atomic E-state index is 13.9. The fourth-order valence-electron chi connectivity index (χ4n) is 3.59. The first-order valence-electron chi connectivity index (χ1n) is 8.52. The number of amides is 1. The molecule has 2 aromatic rings. The van der Waals surface area contributed by atoms with Gasteiger partial charge in [0.2, 0.25) is 5.91 Å². The molecule has 0 radical (unpaired) electrons. The summed E-state index contributed by atoms with van der Waals surface area (Å²) in [6, 6.07) is 7.54. The van der Waals surface area contributed by atoms with E-state index in [0.717, 1.165) is 24.8 Å². The molecule has 4 rings (SSSR count). The lowest BCUT2D eigenvalue weighted by molar-refractivity contribution is -0.132. The molecule has 2 atom stereocenters. The summed E-state index contributed by atoms with van der Waals surface area (Å²) < 4.78 is 26.9. The fourth-order valence-corrected chi connectivity index (χ4v) is 3.59. The maximum atomic E-state index is 13.9. The predicted octanol–water partition coefficient (Wildman–Crippen LogP) is 2.81. The average Bonchev–Trinajstić information content (AvgIpc) is 3.42. The molecule has 0 spiro atoms. The Bertz CT molecular complexity index is 775. The van der Waals surface area contributed by atoms with Gasteiger partial charge in [0, 0.05) is 56.2 Å². The Balaban J connectivity index is 1.36. The predicted molar refractivity (Wildman–Crippen MR) is 90.2 cm³/mol. The molecule has 6 heteroatoms. The van der Waals surface area contributed by atoms with Crippen LogP contribution in [0.2, 0.25) is 0 Å². The summed E-state index contributed by atoms with van der Waals surface area (Å²) in [7, 11) is 0. The number of benzene rings is 1. The molecule has 1 amide bonds. The number of hydrogen-bond acceptors (Lipinski definition) is 3. The zero-order valence-corrected chi connectivity index (χ0v) is 13.7. The van der Waals surface area contributed by atoms with Crippen LogP contribution in [0, 0.1) is 17.6 Å². The van der Waals surface area contributed by atoms with Crippen LogP contribution < -0.4 is 4.90 Å². The first-order chi connectivity index (χ1) is 12.1. The lowest BCUT2D eigenvalue weighted by Gasteiger charge is -2.36. The SMILES string of the molecule is O=C([C@@H]1C[C@@H]1c1ccc(F)cc1F)N1CCN(c2ccncc2)CC1. The van der Waals surface area contributed by atoms with Crippen LogP contribution in [0.5, 0.6) is 0 Å². The first kappa shape index (κ1) is 16.0. The number of carbonyl (C=O) groups is 1. The molecule has 1 aliphatic heterocycles. The zero-order chi connectivity index (χ0) is 17.4. The maximum Gasteiger partial charge on any atom is 0.226 e. The van der Waals surface area contributed by atoms with Crippen LogP contribution in [0.15, 0.2) is 42.7 Å². The summed E-state index contributed by atoms with van der Waals surface area (Å²) in [6.07, 6.45) is 4.17. The molecular formula is C19H19F2N3O. The van der Waals surface area contributed by atoms with Crippen molar-refractivity contribution in [3.8, 4) is 0 Å². The van der Waals surface area contributed by atoms with Gasteiger partial charge in [-0.15, -0.1) is 0 Å². The highest BCUT2D eigenvalue weighted by Gasteiger charge is 2.47. The minimum atomic E-state index is -0.586. The number of aromatic nitrogens is 1. The van der Waals surface area contributed by atoms with E-state index < -0.39 is 11.6 Å². The fraction of sp³-hybridized carbons (Fsp3) is 0.368. The third-order valence-corrected chi connectivity index (χ3v) is 5.09. The second kappa shape index (κ2) is 6.43. The number of rotatable bonds is 3. The van der Waals surface area contributed by atoms with Gasteiger partial charge in [-0.1, -0.05) is 6.07 Å². The molecular weight excluding hydrogens is 324 g/mol. The van der Waals surface area contributed by atoms with Crippen LogP contribution in [-0.2, 0) is 4.79 Å². The minimum absolute atomic E-state index is 0.0862. The molecule has 2 fully saturated rings. The smallest absolute Gasteiger partial charge is 0.226 e. The Morgan fingerprint density at radius 3 is 2.44 bits per heavy atom. The highest BCUT2D eigenvalue weighted by Crippen LogP contribution is 2.49. The quantitative estimate of drug-likeness (QED) is 0.860. The van der Waals surface area contributed by atoms with Gasteiger partial charge in [0.05, 0.1) is 0 Å². The van der Waals surface area contributed by atoms with Gasteiger partial charge in [-0.2, -0.15) is 0 Å². The van der Waals surface area contributed by atoms with Crippen molar-refractivity contribution in [2.75, 3.05) is 31.1 Å². The third-order valence-electron chi connectivity index (χ3n) is 5.09. The summed E-state index contributed by atoms with van der Waals surface area (Å²) >= 11 is 0. The number of halogens is 2. The second-order valence-corrected chi connectivity index (χ2v) is 6.63. The Kier molecular flexibility index (Phi) is 4.11. The number of carbonyl (C=O) groups excluding carboxylic acids is 1. The molecule has 0 unspecified atom stereocenters. The van der Waals surface area contributed by atoms with Crippen LogP contribution in [-0.4, -0.2) is 42.0 Å². The van der Waals surface area contributed by atoms with Gasteiger partial charge in [0.25, 0.3) is 0 Å². The van der Waals surface area contributed by atoms with Crippen molar-refractivity contribution in [3.63, 3.8) is 0 Å². The average molecular weight is 343 g/mol. The number of nitrogens with zero attached hydrogens (tertiary/aromatic N) is 3. The van der Waals surface area contributed by atoms with Crippen LogP contribution in [0.1, 0.15) is 17.9 Å². The molecule has 2 aliphatic rings. The van der Waals surface area contributed by atoms with Crippen molar-refractivity contribution in [2.24, 2.45) is 5.92 Å². The third kappa shape index (κ3) is 3.21. The molecule has 0 bridgehead atoms. The van der Waals surface area contributed by atoms with Gasteiger partial charge in [0.1, 0.15) is 11.6 Å². The van der Waals surface area contributed by atoms with E-state index >= 15 is 0 Å². The van der Waals surface area contributed by atoms with Gasteiger partial charge >= 0.3 is 0 Å². The van der Waals surface area contributed by atoms with E-state index in [4.69, 9.17) is 0 Å². The molecule has 1 aromatic heterocycles. The largest absolute Gasteiger partial charge is 0.368 e. The van der Waals surface area contributed by atoms with E-state index in [0.29, 0.717) is 25.1 Å². The topological polar surface area (TPSA) is 36.4 Å². The highest BCUT2D eigenvalue weighted by molar-refractivity contribution is 5.83. The van der Waals surface area contributed by atoms with Crippen molar-refractivity contribution in [1.82, 2.24) is 9.88 Å². The van der Waals surface area contributed by atoms with Crippen molar-refractivity contribution < 1.29 is 13.6 Å². The van der Waals surface area contributed by atoms with Crippen molar-refractivity contribution >= 4 is 11.6 Å². The van der Waals surface area contributed by atoms with E-state index in [-0.39, 0.29) is 17.7 Å². The Morgan fingerprint density at radius 1 is 1.04 bits per heavy atom. The number of anilines is 1. The van der Waals surface area contributed by atoms with Crippen LogP contribution in [0.3, 0.4) is 0 Å². The van der Waals surface area contributed by atoms with E-state index in [1.807, 2.05) is 17.0 Å². The normalized spacial score (nSPS) is 22.8. The molecule has 25 heavy (non-hydrogen) atoms. The van der Waals surface area contributed by atoms with Gasteiger partial charge in [-0.3, -0.25) is 9.78 Å². The van der Waals surface area contributed by atoms with Crippen molar-refractivity contribution in [3.05, 3.63) is 59.9 Å². The van der Waals surface area contributed by atoms with Gasteiger partial charge in [0.15, 0.2) is 0 Å². The number of hydrogen-bond donors (Lipinski definition) is 0. The zero-order valence-electron chi connectivity index (χ0n) is 13.7. The van der Waals surface area contributed by atoms with Crippen LogP contribution in [0.4, 0.5) is 14.5 Å². The molecule has 130 valence electrons. The minimum Gasteiger partial charge on any atom is -0.368 e. The summed E-state index contributed by atoms with van der Waals surface area (Å²) in [5, 5.41) is 0. The van der Waals surface area contributed by atoms with Crippen LogP contribution >= 0.6 is 0 Å². The van der Waals surface area contributed by atoms with Crippen molar-refractivity contribution in [2.45, 2.75) is 12.3 Å². The van der Waals surface area contributed by atoms with E-state index in [1.54, 1.807) is 12.4 Å². The van der Waals surface area contributed by atoms with Gasteiger partial charge < -0.3 is 9.80 Å². The molecule has 1 saturated carbocycles. The van der Waals surface area contributed by atoms with Crippen molar-refractivity contribution in [1.29, 1.82) is 0 Å². The molecule has 2 heterocycles. The number of pyridine rings is 1. The number of piperazine rings is 1. The summed E-state index contributed by atoms with van der Waals surface area (Å²) in [5.41, 5.74) is 1.56. The summed E-state index contributed by atoms with van der Waals surface area (Å²) in [6.45, 7) is 2.88. The van der Waals surface area contributed by atoms with E-state index in [2.05, 4.69) is 9.88 Å². The molecule has 0 N–H and O–H groups in total. The van der Waals surface area contributed by atoms with Crippen LogP contribution in [0.25, 0.3) is 0 Å². The molecule has 1 saturated heterocycles. The molecule has 1 aliphatic carbocycles. The lowest BCUT2D eigenvalue weighted by Crippen LogP contribution is -2.49. The standard InChI is InChI=1S/C19H19F2N3O/c20-13-1-2-15(18(21)11-13)16-12-17(16)19(25)24-9-7-23(8-10-24)14-3-5-22-6-4-14/h1-6,11,16-17H,7-10,12H2/t16-,17-/m1/s1. The van der Waals surface area contributed by atoms with Gasteiger partial charge in [-0.25, -0.2) is 8.78 Å². The Morgan fingerprint density at radius 2 is 1.76 bits per heavy atom. The second-order valence-electron chi connectivity index (χ2n) is 6.63.